The van der Waals surface area contributed by atoms with Gasteiger partial charge < -0.3 is 10.0 Å². The van der Waals surface area contributed by atoms with Crippen molar-refractivity contribution in [2.45, 2.75) is 76.7 Å². The number of aryl methyl sites for hydroxylation is 1. The summed E-state index contributed by atoms with van der Waals surface area (Å²) in [6, 6.07) is 19.9. The molecule has 1 aliphatic heterocycles. The maximum Gasteiger partial charge on any atom is 0.306 e. The molecule has 2 aliphatic carbocycles. The summed E-state index contributed by atoms with van der Waals surface area (Å²) in [5.41, 5.74) is 4.84. The molecule has 41 heavy (non-hydrogen) atoms. The number of rotatable bonds is 11. The summed E-state index contributed by atoms with van der Waals surface area (Å²) in [6.07, 6.45) is 8.02. The van der Waals surface area contributed by atoms with Crippen LogP contribution in [0.25, 0.3) is 0 Å². The Morgan fingerprint density at radius 2 is 1.80 bits per heavy atom. The Kier molecular flexibility index (Phi) is 8.57. The number of benzene rings is 2. The summed E-state index contributed by atoms with van der Waals surface area (Å²) in [4.78, 5) is 14.9. The number of hydrogen-bond acceptors (Lipinski definition) is 3. The molecule has 2 aromatic carbocycles. The summed E-state index contributed by atoms with van der Waals surface area (Å²) in [5.74, 6) is 0.743. The van der Waals surface area contributed by atoms with Gasteiger partial charge in [-0.05, 0) is 105 Å². The number of carbonyl (C=O) groups is 1. The lowest BCUT2D eigenvalue weighted by Gasteiger charge is -2.35. The fraction of sp³-hybridized carbons (Fsp3) is 0.543. The normalized spacial score (nSPS) is 24.5. The predicted octanol–water partition coefficient (Wildman–Crippen LogP) is 7.12. The van der Waals surface area contributed by atoms with E-state index in [9.17, 15) is 14.3 Å². The summed E-state index contributed by atoms with van der Waals surface area (Å²) >= 11 is 0. The second kappa shape index (κ2) is 12.5. The molecular weight excluding hydrogens is 513 g/mol. The molecule has 218 valence electrons. The molecule has 2 heterocycles. The van der Waals surface area contributed by atoms with Crippen molar-refractivity contribution in [2.75, 3.05) is 19.6 Å². The van der Waals surface area contributed by atoms with E-state index in [1.54, 1.807) is 6.07 Å². The maximum absolute atomic E-state index is 14.2. The standard InChI is InChI=1S/C35H44FN3O2/c1-2-39-34(22-31(37-39)17-24-7-4-3-5-8-24)26-13-15-38(16-14-26)23-29-19-28(33(35(40)41)18-25-11-12-25)21-32(29)27-9-6-10-30(36)20-27/h3-10,20,22,25-26,28-29,32-33H,2,11-19,21,23H2,1H3,(H,40,41). The monoisotopic (exact) mass is 557 g/mol. The largest absolute Gasteiger partial charge is 0.481 e. The van der Waals surface area contributed by atoms with E-state index >= 15 is 0 Å². The molecule has 5 nitrogen and oxygen atoms in total. The van der Waals surface area contributed by atoms with Crippen LogP contribution in [0.4, 0.5) is 4.39 Å². The number of piperidine rings is 1. The minimum atomic E-state index is -0.638. The van der Waals surface area contributed by atoms with Gasteiger partial charge in [0.1, 0.15) is 5.82 Å². The lowest BCUT2D eigenvalue weighted by Crippen LogP contribution is -2.37. The summed E-state index contributed by atoms with van der Waals surface area (Å²) in [7, 11) is 0. The second-order valence-electron chi connectivity index (χ2n) is 12.9. The van der Waals surface area contributed by atoms with Gasteiger partial charge in [0, 0.05) is 31.1 Å². The van der Waals surface area contributed by atoms with E-state index in [0.717, 1.165) is 76.0 Å². The number of hydrogen-bond donors (Lipinski definition) is 1. The van der Waals surface area contributed by atoms with Crippen LogP contribution in [0.15, 0.2) is 60.7 Å². The SMILES string of the molecule is CCn1nc(Cc2ccccc2)cc1C1CCN(CC2CC(C(CC3CC3)C(=O)O)CC2c2cccc(F)c2)CC1. The minimum Gasteiger partial charge on any atom is -0.481 e. The number of carboxylic acid groups (broad SMARTS) is 1. The van der Waals surface area contributed by atoms with Crippen LogP contribution in [-0.4, -0.2) is 45.4 Å². The second-order valence-corrected chi connectivity index (χ2v) is 12.9. The van der Waals surface area contributed by atoms with E-state index < -0.39 is 5.97 Å². The van der Waals surface area contributed by atoms with Crippen molar-refractivity contribution >= 4 is 5.97 Å². The van der Waals surface area contributed by atoms with Gasteiger partial charge in [0.2, 0.25) is 0 Å². The number of carboxylic acids is 1. The third kappa shape index (κ3) is 6.74. The van der Waals surface area contributed by atoms with Gasteiger partial charge in [-0.3, -0.25) is 9.48 Å². The number of halogens is 1. The van der Waals surface area contributed by atoms with Crippen molar-refractivity contribution in [3.05, 3.63) is 89.0 Å². The van der Waals surface area contributed by atoms with Crippen LogP contribution in [0.5, 0.6) is 0 Å². The first kappa shape index (κ1) is 28.1. The van der Waals surface area contributed by atoms with Gasteiger partial charge in [-0.1, -0.05) is 55.3 Å². The first-order chi connectivity index (χ1) is 20.0. The average Bonchev–Trinajstić information content (AvgIpc) is 3.57. The van der Waals surface area contributed by atoms with Crippen LogP contribution in [0.1, 0.15) is 86.2 Å². The quantitative estimate of drug-likeness (QED) is 0.273. The third-order valence-electron chi connectivity index (χ3n) is 10.1. The maximum atomic E-state index is 14.2. The Labute approximate surface area is 243 Å². The van der Waals surface area contributed by atoms with Crippen molar-refractivity contribution in [1.29, 1.82) is 0 Å². The fourth-order valence-corrected chi connectivity index (χ4v) is 7.75. The molecule has 0 radical (unpaired) electrons. The summed E-state index contributed by atoms with van der Waals surface area (Å²) in [5, 5.41) is 15.0. The minimum absolute atomic E-state index is 0.172. The average molecular weight is 558 g/mol. The Morgan fingerprint density at radius 1 is 1.02 bits per heavy atom. The molecule has 1 N–H and O–H groups in total. The van der Waals surface area contributed by atoms with E-state index in [2.05, 4.69) is 52.9 Å². The molecule has 4 atom stereocenters. The van der Waals surface area contributed by atoms with Crippen molar-refractivity contribution in [2.24, 2.45) is 23.7 Å². The highest BCUT2D eigenvalue weighted by Crippen LogP contribution is 2.49. The number of aromatic nitrogens is 2. The first-order valence-electron chi connectivity index (χ1n) is 15.8. The van der Waals surface area contributed by atoms with Crippen molar-refractivity contribution < 1.29 is 14.3 Å². The van der Waals surface area contributed by atoms with Crippen LogP contribution in [0.3, 0.4) is 0 Å². The molecule has 3 aliphatic rings. The lowest BCUT2D eigenvalue weighted by atomic mass is 9.85. The Morgan fingerprint density at radius 3 is 2.49 bits per heavy atom. The van der Waals surface area contributed by atoms with Crippen LogP contribution in [-0.2, 0) is 17.8 Å². The highest BCUT2D eigenvalue weighted by Gasteiger charge is 2.43. The zero-order valence-electron chi connectivity index (χ0n) is 24.3. The molecule has 0 bridgehead atoms. The summed E-state index contributed by atoms with van der Waals surface area (Å²) < 4.78 is 16.4. The first-order valence-corrected chi connectivity index (χ1v) is 15.8. The predicted molar refractivity (Wildman–Crippen MR) is 159 cm³/mol. The molecule has 6 rings (SSSR count). The molecule has 0 spiro atoms. The fourth-order valence-electron chi connectivity index (χ4n) is 7.75. The van der Waals surface area contributed by atoms with Gasteiger partial charge in [-0.2, -0.15) is 5.10 Å². The molecule has 2 saturated carbocycles. The van der Waals surface area contributed by atoms with Crippen LogP contribution >= 0.6 is 0 Å². The van der Waals surface area contributed by atoms with Gasteiger partial charge in [-0.15, -0.1) is 0 Å². The molecule has 0 amide bonds. The molecule has 3 fully saturated rings. The van der Waals surface area contributed by atoms with Gasteiger partial charge in [0.25, 0.3) is 0 Å². The molecule has 1 saturated heterocycles. The van der Waals surface area contributed by atoms with Crippen LogP contribution in [0.2, 0.25) is 0 Å². The number of aliphatic carboxylic acids is 1. The number of likely N-dealkylation sites (tertiary alicyclic amines) is 1. The van der Waals surface area contributed by atoms with Crippen molar-refractivity contribution in [3.8, 4) is 0 Å². The lowest BCUT2D eigenvalue weighted by molar-refractivity contribution is -0.144. The molecule has 3 aromatic rings. The van der Waals surface area contributed by atoms with E-state index in [-0.39, 0.29) is 23.6 Å². The van der Waals surface area contributed by atoms with Crippen molar-refractivity contribution in [1.82, 2.24) is 14.7 Å². The topological polar surface area (TPSA) is 58.4 Å². The molecule has 6 heteroatoms. The molecular formula is C35H44FN3O2. The van der Waals surface area contributed by atoms with Crippen LogP contribution < -0.4 is 0 Å². The smallest absolute Gasteiger partial charge is 0.306 e. The summed E-state index contributed by atoms with van der Waals surface area (Å²) in [6.45, 7) is 6.10. The Balaban J connectivity index is 1.12. The zero-order valence-corrected chi connectivity index (χ0v) is 24.3. The third-order valence-corrected chi connectivity index (χ3v) is 10.1. The van der Waals surface area contributed by atoms with Crippen molar-refractivity contribution in [3.63, 3.8) is 0 Å². The van der Waals surface area contributed by atoms with Gasteiger partial charge >= 0.3 is 5.97 Å². The van der Waals surface area contributed by atoms with E-state index in [1.807, 2.05) is 12.1 Å². The van der Waals surface area contributed by atoms with Gasteiger partial charge in [-0.25, -0.2) is 4.39 Å². The van der Waals surface area contributed by atoms with E-state index in [1.165, 1.54) is 30.2 Å². The highest BCUT2D eigenvalue weighted by molar-refractivity contribution is 5.70. The Hall–Kier alpha value is -2.99. The van der Waals surface area contributed by atoms with Gasteiger partial charge in [0.15, 0.2) is 0 Å². The van der Waals surface area contributed by atoms with Crippen LogP contribution in [0, 0.1) is 29.5 Å². The highest BCUT2D eigenvalue weighted by atomic mass is 19.1. The molecule has 4 unspecified atom stereocenters. The number of nitrogens with zero attached hydrogens (tertiary/aromatic N) is 3. The van der Waals surface area contributed by atoms with Gasteiger partial charge in [0.05, 0.1) is 11.6 Å². The van der Waals surface area contributed by atoms with E-state index in [0.29, 0.717) is 17.8 Å². The van der Waals surface area contributed by atoms with E-state index in [4.69, 9.17) is 5.10 Å². The molecule has 1 aromatic heterocycles. The zero-order chi connectivity index (χ0) is 28.3. The Bertz CT molecular complexity index is 1310.